The summed E-state index contributed by atoms with van der Waals surface area (Å²) in [5.74, 6) is -0.287. The van der Waals surface area contributed by atoms with E-state index in [4.69, 9.17) is 9.84 Å². The van der Waals surface area contributed by atoms with Gasteiger partial charge in [0, 0.05) is 12.7 Å². The minimum atomic E-state index is -0.262. The summed E-state index contributed by atoms with van der Waals surface area (Å²) in [5, 5.41) is 11.8. The molecule has 2 N–H and O–H groups in total. The topological polar surface area (TPSA) is 71.5 Å². The van der Waals surface area contributed by atoms with Gasteiger partial charge in [-0.2, -0.15) is 0 Å². The molecule has 0 atom stereocenters. The van der Waals surface area contributed by atoms with Gasteiger partial charge in [-0.3, -0.25) is 9.78 Å². The number of rotatable bonds is 6. The number of hydrogen-bond acceptors (Lipinski definition) is 4. The summed E-state index contributed by atoms with van der Waals surface area (Å²) < 4.78 is 4.90. The van der Waals surface area contributed by atoms with E-state index in [2.05, 4.69) is 16.9 Å². The highest BCUT2D eigenvalue weighted by molar-refractivity contribution is 5.94. The second kappa shape index (κ2) is 6.44. The van der Waals surface area contributed by atoms with Crippen LogP contribution in [0.15, 0.2) is 31.3 Å². The van der Waals surface area contributed by atoms with Crippen molar-refractivity contribution in [2.75, 3.05) is 13.2 Å². The molecule has 0 aromatic carbocycles. The van der Waals surface area contributed by atoms with E-state index in [9.17, 15) is 4.79 Å². The van der Waals surface area contributed by atoms with Gasteiger partial charge in [-0.1, -0.05) is 6.58 Å². The standard InChI is InChI=1S/C11H14N2O3/c1-2-16-5-3-4-13-11(15)9-6-10(14)8-12-7-9/h2,6-8,14H,1,3-5H2,(H,13,15). The third-order valence-corrected chi connectivity index (χ3v) is 1.83. The Morgan fingerprint density at radius 1 is 1.62 bits per heavy atom. The second-order valence-electron chi connectivity index (χ2n) is 3.08. The minimum Gasteiger partial charge on any atom is -0.506 e. The van der Waals surface area contributed by atoms with Gasteiger partial charge in [-0.05, 0) is 12.5 Å². The summed E-state index contributed by atoms with van der Waals surface area (Å²) in [5.41, 5.74) is 0.338. The summed E-state index contributed by atoms with van der Waals surface area (Å²) in [6.07, 6.45) is 4.73. The number of nitrogens with one attached hydrogen (secondary N) is 1. The molecule has 16 heavy (non-hydrogen) atoms. The van der Waals surface area contributed by atoms with E-state index in [0.717, 1.165) is 0 Å². The third kappa shape index (κ3) is 4.00. The van der Waals surface area contributed by atoms with Crippen molar-refractivity contribution in [2.24, 2.45) is 0 Å². The predicted molar refractivity (Wildman–Crippen MR) is 59.0 cm³/mol. The Bertz CT molecular complexity index is 366. The average Bonchev–Trinajstić information content (AvgIpc) is 2.28. The number of carbonyl (C=O) groups excluding carboxylic acids is 1. The summed E-state index contributed by atoms with van der Waals surface area (Å²) in [6.45, 7) is 4.42. The third-order valence-electron chi connectivity index (χ3n) is 1.83. The van der Waals surface area contributed by atoms with Crippen LogP contribution in [0, 0.1) is 0 Å². The van der Waals surface area contributed by atoms with Crippen molar-refractivity contribution >= 4 is 5.91 Å². The molecule has 1 rings (SSSR count). The highest BCUT2D eigenvalue weighted by Gasteiger charge is 2.05. The van der Waals surface area contributed by atoms with Crippen molar-refractivity contribution in [1.29, 1.82) is 0 Å². The van der Waals surface area contributed by atoms with Gasteiger partial charge in [0.05, 0.1) is 24.6 Å². The molecule has 0 aliphatic carbocycles. The largest absolute Gasteiger partial charge is 0.506 e. The van der Waals surface area contributed by atoms with Gasteiger partial charge in [-0.15, -0.1) is 0 Å². The van der Waals surface area contributed by atoms with Crippen LogP contribution in [0.5, 0.6) is 5.75 Å². The highest BCUT2D eigenvalue weighted by Crippen LogP contribution is 2.07. The van der Waals surface area contributed by atoms with Crippen LogP contribution in [0.4, 0.5) is 0 Å². The SMILES string of the molecule is C=COCCCNC(=O)c1cncc(O)c1. The predicted octanol–water partition coefficient (Wildman–Crippen LogP) is 1.07. The molecule has 86 valence electrons. The molecule has 1 aromatic rings. The number of carbonyl (C=O) groups is 1. The fraction of sp³-hybridized carbons (Fsp3) is 0.273. The zero-order valence-electron chi connectivity index (χ0n) is 8.85. The molecular formula is C11H14N2O3. The Morgan fingerprint density at radius 3 is 3.12 bits per heavy atom. The van der Waals surface area contributed by atoms with E-state index in [-0.39, 0.29) is 11.7 Å². The maximum Gasteiger partial charge on any atom is 0.252 e. The maximum absolute atomic E-state index is 11.5. The molecule has 0 spiro atoms. The molecule has 5 heteroatoms. The highest BCUT2D eigenvalue weighted by atomic mass is 16.5. The van der Waals surface area contributed by atoms with E-state index >= 15 is 0 Å². The van der Waals surface area contributed by atoms with Crippen LogP contribution < -0.4 is 5.32 Å². The molecule has 0 unspecified atom stereocenters. The summed E-state index contributed by atoms with van der Waals surface area (Å²) in [6, 6.07) is 1.36. The first-order chi connectivity index (χ1) is 7.74. The molecule has 5 nitrogen and oxygen atoms in total. The molecule has 1 heterocycles. The number of hydrogen-bond donors (Lipinski definition) is 2. The number of aromatic nitrogens is 1. The molecule has 1 aromatic heterocycles. The number of aromatic hydroxyl groups is 1. The molecule has 0 saturated carbocycles. The van der Waals surface area contributed by atoms with Crippen LogP contribution in [-0.2, 0) is 4.74 Å². The average molecular weight is 222 g/mol. The van der Waals surface area contributed by atoms with Gasteiger partial charge in [-0.25, -0.2) is 0 Å². The van der Waals surface area contributed by atoms with E-state index in [1.54, 1.807) is 0 Å². The van der Waals surface area contributed by atoms with E-state index in [0.29, 0.717) is 25.1 Å². The Labute approximate surface area is 93.8 Å². The van der Waals surface area contributed by atoms with Crippen LogP contribution >= 0.6 is 0 Å². The Kier molecular flexibility index (Phi) is 4.85. The lowest BCUT2D eigenvalue weighted by atomic mass is 10.2. The van der Waals surface area contributed by atoms with Crippen molar-refractivity contribution in [1.82, 2.24) is 10.3 Å². The van der Waals surface area contributed by atoms with Crippen molar-refractivity contribution in [3.8, 4) is 5.75 Å². The number of pyridine rings is 1. The monoisotopic (exact) mass is 222 g/mol. The van der Waals surface area contributed by atoms with Crippen molar-refractivity contribution in [3.63, 3.8) is 0 Å². The van der Waals surface area contributed by atoms with Crippen LogP contribution in [0.2, 0.25) is 0 Å². The first kappa shape index (κ1) is 12.0. The fourth-order valence-corrected chi connectivity index (χ4v) is 1.09. The van der Waals surface area contributed by atoms with Gasteiger partial charge >= 0.3 is 0 Å². The lowest BCUT2D eigenvalue weighted by Crippen LogP contribution is -2.25. The molecule has 0 aliphatic heterocycles. The zero-order valence-corrected chi connectivity index (χ0v) is 8.85. The first-order valence-corrected chi connectivity index (χ1v) is 4.89. The minimum absolute atomic E-state index is 0.0253. The number of ether oxygens (including phenoxy) is 1. The smallest absolute Gasteiger partial charge is 0.252 e. The van der Waals surface area contributed by atoms with Gasteiger partial charge in [0.25, 0.3) is 5.91 Å². The van der Waals surface area contributed by atoms with Crippen molar-refractivity contribution in [3.05, 3.63) is 36.9 Å². The Hall–Kier alpha value is -2.04. The lowest BCUT2D eigenvalue weighted by Gasteiger charge is -2.04. The van der Waals surface area contributed by atoms with Gasteiger partial charge in [0.15, 0.2) is 0 Å². The fourth-order valence-electron chi connectivity index (χ4n) is 1.09. The number of amides is 1. The normalized spacial score (nSPS) is 9.50. The van der Waals surface area contributed by atoms with E-state index in [1.807, 2.05) is 0 Å². The summed E-state index contributed by atoms with van der Waals surface area (Å²) in [7, 11) is 0. The molecule has 0 aliphatic rings. The molecule has 0 saturated heterocycles. The van der Waals surface area contributed by atoms with Crippen LogP contribution in [0.3, 0.4) is 0 Å². The van der Waals surface area contributed by atoms with Crippen LogP contribution in [-0.4, -0.2) is 29.1 Å². The first-order valence-electron chi connectivity index (χ1n) is 4.89. The Morgan fingerprint density at radius 2 is 2.44 bits per heavy atom. The zero-order chi connectivity index (χ0) is 11.8. The van der Waals surface area contributed by atoms with Gasteiger partial charge in [0.2, 0.25) is 0 Å². The van der Waals surface area contributed by atoms with Crippen LogP contribution in [0.25, 0.3) is 0 Å². The van der Waals surface area contributed by atoms with Crippen molar-refractivity contribution in [2.45, 2.75) is 6.42 Å². The summed E-state index contributed by atoms with van der Waals surface area (Å²) in [4.78, 5) is 15.2. The van der Waals surface area contributed by atoms with Crippen LogP contribution in [0.1, 0.15) is 16.8 Å². The van der Waals surface area contributed by atoms with Gasteiger partial charge in [0.1, 0.15) is 5.75 Å². The van der Waals surface area contributed by atoms with Crippen molar-refractivity contribution < 1.29 is 14.6 Å². The lowest BCUT2D eigenvalue weighted by molar-refractivity contribution is 0.0949. The second-order valence-corrected chi connectivity index (χ2v) is 3.08. The summed E-state index contributed by atoms with van der Waals surface area (Å²) >= 11 is 0. The molecule has 0 bridgehead atoms. The maximum atomic E-state index is 11.5. The van der Waals surface area contributed by atoms with E-state index in [1.165, 1.54) is 24.7 Å². The molecule has 0 fully saturated rings. The van der Waals surface area contributed by atoms with E-state index < -0.39 is 0 Å². The molecular weight excluding hydrogens is 208 g/mol. The molecule has 0 radical (unpaired) electrons. The van der Waals surface area contributed by atoms with Gasteiger partial charge < -0.3 is 15.2 Å². The Balaban J connectivity index is 2.32. The quantitative estimate of drug-likeness (QED) is 0.558. The molecule has 1 amide bonds. The number of nitrogens with zero attached hydrogens (tertiary/aromatic N) is 1.